The van der Waals surface area contributed by atoms with Gasteiger partial charge in [0.15, 0.2) is 5.84 Å². The molecule has 4 nitrogen and oxygen atoms in total. The van der Waals surface area contributed by atoms with E-state index in [1.807, 2.05) is 0 Å². The number of carbonyl (C=O) groups is 1. The van der Waals surface area contributed by atoms with E-state index in [9.17, 15) is 4.79 Å². The molecular weight excluding hydrogens is 310 g/mol. The molecule has 1 rings (SSSR count). The van der Waals surface area contributed by atoms with Crippen LogP contribution in [-0.4, -0.2) is 48.9 Å². The summed E-state index contributed by atoms with van der Waals surface area (Å²) in [6, 6.07) is 0. The van der Waals surface area contributed by atoms with Crippen molar-refractivity contribution in [3.05, 3.63) is 12.2 Å². The van der Waals surface area contributed by atoms with E-state index in [1.54, 1.807) is 6.92 Å². The summed E-state index contributed by atoms with van der Waals surface area (Å²) in [5, 5.41) is 2.95. The monoisotopic (exact) mass is 350 g/mol. The number of hydrogen-bond acceptors (Lipinski definition) is 2. The normalized spacial score (nSPS) is 20.2. The van der Waals surface area contributed by atoms with Crippen LogP contribution < -0.4 is 5.32 Å². The zero-order valence-electron chi connectivity index (χ0n) is 16.9. The number of carbonyl (C=O) groups excluding carboxylic acids is 1. The van der Waals surface area contributed by atoms with E-state index in [0.29, 0.717) is 0 Å². The van der Waals surface area contributed by atoms with Gasteiger partial charge in [-0.05, 0) is 33.1 Å². The van der Waals surface area contributed by atoms with Gasteiger partial charge in [-0.15, -0.1) is 0 Å². The van der Waals surface area contributed by atoms with Crippen molar-refractivity contribution in [3.8, 4) is 0 Å². The van der Waals surface area contributed by atoms with Crippen LogP contribution >= 0.6 is 0 Å². The van der Waals surface area contributed by atoms with Gasteiger partial charge in [0.2, 0.25) is 5.91 Å². The van der Waals surface area contributed by atoms with E-state index in [-0.39, 0.29) is 5.91 Å². The van der Waals surface area contributed by atoms with Crippen molar-refractivity contribution in [2.24, 2.45) is 4.99 Å². The second kappa shape index (κ2) is 13.1. The second-order valence-corrected chi connectivity index (χ2v) is 7.27. The molecule has 1 unspecified atom stereocenters. The summed E-state index contributed by atoms with van der Waals surface area (Å²) in [6.07, 6.45) is 16.2. The first-order valence-electron chi connectivity index (χ1n) is 10.4. The van der Waals surface area contributed by atoms with Gasteiger partial charge in [0.25, 0.3) is 0 Å². The van der Waals surface area contributed by atoms with Gasteiger partial charge in [-0.2, -0.15) is 0 Å². The molecule has 0 aromatic heterocycles. The van der Waals surface area contributed by atoms with Crippen molar-refractivity contribution >= 4 is 11.7 Å². The van der Waals surface area contributed by atoms with E-state index in [1.165, 1.54) is 57.2 Å². The maximum Gasteiger partial charge on any atom is 0.217 e. The highest BCUT2D eigenvalue weighted by atomic mass is 16.1. The van der Waals surface area contributed by atoms with Crippen LogP contribution in [0.15, 0.2) is 17.1 Å². The molecule has 1 amide bonds. The van der Waals surface area contributed by atoms with Gasteiger partial charge < -0.3 is 5.32 Å². The first-order valence-corrected chi connectivity index (χ1v) is 10.4. The van der Waals surface area contributed by atoms with Gasteiger partial charge in [0.05, 0.1) is 19.6 Å². The van der Waals surface area contributed by atoms with Crippen molar-refractivity contribution in [2.45, 2.75) is 78.6 Å². The smallest absolute Gasteiger partial charge is 0.217 e. The Morgan fingerprint density at radius 1 is 1.16 bits per heavy atom. The summed E-state index contributed by atoms with van der Waals surface area (Å²) in [5.41, 5.74) is 0. The fraction of sp³-hybridized carbons (Fsp3) is 0.810. The van der Waals surface area contributed by atoms with Crippen LogP contribution in [0.3, 0.4) is 0 Å². The lowest BCUT2D eigenvalue weighted by molar-refractivity contribution is -0.833. The summed E-state index contributed by atoms with van der Waals surface area (Å²) in [6.45, 7) is 10.8. The van der Waals surface area contributed by atoms with Crippen molar-refractivity contribution in [3.63, 3.8) is 0 Å². The maximum absolute atomic E-state index is 11.1. The first kappa shape index (κ1) is 21.9. The summed E-state index contributed by atoms with van der Waals surface area (Å²) < 4.78 is 0.991. The Bertz CT molecular complexity index is 431. The average Bonchev–Trinajstić information content (AvgIpc) is 2.99. The third kappa shape index (κ3) is 8.66. The zero-order chi connectivity index (χ0) is 18.4. The van der Waals surface area contributed by atoms with Gasteiger partial charge >= 0.3 is 0 Å². The van der Waals surface area contributed by atoms with E-state index in [0.717, 1.165) is 43.6 Å². The predicted octanol–water partition coefficient (Wildman–Crippen LogP) is 4.46. The molecular formula is C21H40N3O+. The third-order valence-corrected chi connectivity index (χ3v) is 5.40. The van der Waals surface area contributed by atoms with Crippen LogP contribution in [0.5, 0.6) is 0 Å². The Kier molecular flexibility index (Phi) is 11.5. The highest BCUT2D eigenvalue weighted by Gasteiger charge is 2.35. The molecule has 0 saturated carbocycles. The Morgan fingerprint density at radius 2 is 1.84 bits per heavy atom. The van der Waals surface area contributed by atoms with E-state index < -0.39 is 0 Å². The van der Waals surface area contributed by atoms with Crippen LogP contribution in [-0.2, 0) is 4.79 Å². The molecule has 1 N–H and O–H groups in total. The number of unbranched alkanes of at least 4 members (excludes halogenated alkanes) is 7. The Labute approximate surface area is 155 Å². The fourth-order valence-electron chi connectivity index (χ4n) is 3.75. The van der Waals surface area contributed by atoms with Crippen LogP contribution in [0.2, 0.25) is 0 Å². The molecule has 1 aliphatic heterocycles. The van der Waals surface area contributed by atoms with Crippen molar-refractivity contribution in [1.29, 1.82) is 0 Å². The van der Waals surface area contributed by atoms with Crippen LogP contribution in [0, 0.1) is 0 Å². The molecule has 144 valence electrons. The molecule has 0 saturated heterocycles. The number of nitrogens with zero attached hydrogens (tertiary/aromatic N) is 2. The molecule has 1 heterocycles. The van der Waals surface area contributed by atoms with Crippen molar-refractivity contribution in [1.82, 2.24) is 5.32 Å². The van der Waals surface area contributed by atoms with Gasteiger partial charge in [-0.3, -0.25) is 9.28 Å². The van der Waals surface area contributed by atoms with Crippen LogP contribution in [0.4, 0.5) is 0 Å². The number of quaternary nitrogens is 1. The number of amidine groups is 1. The number of allylic oxidation sites excluding steroid dienone is 2. The van der Waals surface area contributed by atoms with Gasteiger partial charge in [0.1, 0.15) is 13.1 Å². The Morgan fingerprint density at radius 3 is 2.48 bits per heavy atom. The molecule has 0 radical (unpaired) electrons. The topological polar surface area (TPSA) is 41.5 Å². The summed E-state index contributed by atoms with van der Waals surface area (Å²) in [7, 11) is 0. The quantitative estimate of drug-likeness (QED) is 0.280. The zero-order valence-corrected chi connectivity index (χ0v) is 16.9. The van der Waals surface area contributed by atoms with Crippen LogP contribution in [0.1, 0.15) is 78.6 Å². The van der Waals surface area contributed by atoms with Crippen LogP contribution in [0.25, 0.3) is 0 Å². The van der Waals surface area contributed by atoms with Crippen molar-refractivity contribution in [2.75, 3.05) is 32.7 Å². The third-order valence-electron chi connectivity index (χ3n) is 5.40. The predicted molar refractivity (Wildman–Crippen MR) is 108 cm³/mol. The molecule has 25 heavy (non-hydrogen) atoms. The minimum Gasteiger partial charge on any atom is -0.351 e. The largest absolute Gasteiger partial charge is 0.351 e. The number of likely N-dealkylation sites (N-methyl/N-ethyl adjacent to an activating group) is 1. The molecule has 0 bridgehead atoms. The number of amides is 1. The minimum absolute atomic E-state index is 0.0673. The van der Waals surface area contributed by atoms with E-state index >= 15 is 0 Å². The van der Waals surface area contributed by atoms with E-state index in [4.69, 9.17) is 4.99 Å². The molecule has 0 aliphatic carbocycles. The Hall–Kier alpha value is -1.16. The van der Waals surface area contributed by atoms with Gasteiger partial charge in [-0.25, -0.2) is 4.99 Å². The highest BCUT2D eigenvalue weighted by molar-refractivity contribution is 5.77. The lowest BCUT2D eigenvalue weighted by Crippen LogP contribution is -2.54. The maximum atomic E-state index is 11.1. The number of rotatable bonds is 14. The van der Waals surface area contributed by atoms with Gasteiger partial charge in [0, 0.05) is 13.3 Å². The minimum atomic E-state index is 0.0673. The van der Waals surface area contributed by atoms with Crippen molar-refractivity contribution < 1.29 is 9.28 Å². The molecule has 1 aliphatic rings. The molecule has 0 fully saturated rings. The SMILES string of the molecule is C/C=C/CCCCCCCCCC1=NCC[N+]1(CC)CCNC(C)=O. The number of aliphatic imine (C=N–C) groups is 1. The van der Waals surface area contributed by atoms with E-state index in [2.05, 4.69) is 31.3 Å². The molecule has 4 heteroatoms. The molecule has 0 aromatic rings. The first-order chi connectivity index (χ1) is 12.1. The lowest BCUT2D eigenvalue weighted by Gasteiger charge is -2.33. The summed E-state index contributed by atoms with van der Waals surface area (Å²) in [5.74, 6) is 1.44. The molecule has 0 spiro atoms. The highest BCUT2D eigenvalue weighted by Crippen LogP contribution is 2.20. The number of nitrogens with one attached hydrogen (secondary N) is 1. The molecule has 0 aromatic carbocycles. The van der Waals surface area contributed by atoms with Gasteiger partial charge in [-0.1, -0.05) is 44.3 Å². The fourth-order valence-corrected chi connectivity index (χ4v) is 3.75. The average molecular weight is 351 g/mol. The lowest BCUT2D eigenvalue weighted by atomic mass is 10.1. The molecule has 1 atom stereocenters. The summed E-state index contributed by atoms with van der Waals surface area (Å²) >= 11 is 0. The standard InChI is InChI=1S/C21H39N3O/c1-4-6-7-8-9-10-11-12-13-14-15-21-23-17-19-24(21,5-2)18-16-22-20(3)25/h4,6H,5,7-19H2,1-3H3/p+1/b6-4+. The summed E-state index contributed by atoms with van der Waals surface area (Å²) in [4.78, 5) is 15.9. The Balaban J connectivity index is 2.16. The number of hydrogen-bond donors (Lipinski definition) is 1. The second-order valence-electron chi connectivity index (χ2n) is 7.27.